The second-order valence-electron chi connectivity index (χ2n) is 7.24. The highest BCUT2D eigenvalue weighted by atomic mass is 35.5. The molecule has 0 radical (unpaired) electrons. The summed E-state index contributed by atoms with van der Waals surface area (Å²) in [6, 6.07) is 4.50. The number of rotatable bonds is 9. The van der Waals surface area contributed by atoms with E-state index in [9.17, 15) is 13.2 Å². The third-order valence-electron chi connectivity index (χ3n) is 5.22. The molecule has 1 N–H and O–H groups in total. The van der Waals surface area contributed by atoms with Crippen molar-refractivity contribution in [2.75, 3.05) is 19.6 Å². The number of nitrogens with zero attached hydrogens (tertiary/aromatic N) is 1. The fraction of sp³-hybridized carbons (Fsp3) is 0.650. The molecule has 2 rings (SSSR count). The van der Waals surface area contributed by atoms with Crippen LogP contribution >= 0.6 is 11.6 Å². The molecule has 7 heteroatoms. The van der Waals surface area contributed by atoms with Gasteiger partial charge >= 0.3 is 0 Å². The van der Waals surface area contributed by atoms with Crippen LogP contribution in [-0.4, -0.2) is 38.3 Å². The number of amides is 1. The number of carbonyl (C=O) groups is 1. The van der Waals surface area contributed by atoms with E-state index in [1.807, 2.05) is 0 Å². The van der Waals surface area contributed by atoms with Gasteiger partial charge in [0.1, 0.15) is 4.90 Å². The SMILES string of the molecule is CCCCC(CC)CNC(=O)c1ccc(Cl)c(S(=O)(=O)N2CCCCC2)c1. The fourth-order valence-electron chi connectivity index (χ4n) is 3.37. The molecule has 1 aliphatic rings. The summed E-state index contributed by atoms with van der Waals surface area (Å²) in [4.78, 5) is 12.6. The Kier molecular flexibility index (Phi) is 8.58. The molecule has 1 unspecified atom stereocenters. The van der Waals surface area contributed by atoms with Gasteiger partial charge in [-0.05, 0) is 43.4 Å². The molecule has 1 atom stereocenters. The summed E-state index contributed by atoms with van der Waals surface area (Å²) in [7, 11) is -3.68. The highest BCUT2D eigenvalue weighted by Gasteiger charge is 2.28. The zero-order chi connectivity index (χ0) is 19.9. The monoisotopic (exact) mass is 414 g/mol. The lowest BCUT2D eigenvalue weighted by molar-refractivity contribution is 0.0945. The van der Waals surface area contributed by atoms with Gasteiger partial charge in [0.05, 0.1) is 5.02 Å². The zero-order valence-electron chi connectivity index (χ0n) is 16.3. The third-order valence-corrected chi connectivity index (χ3v) is 7.60. The van der Waals surface area contributed by atoms with Crippen LogP contribution < -0.4 is 5.32 Å². The smallest absolute Gasteiger partial charge is 0.251 e. The van der Waals surface area contributed by atoms with Crippen molar-refractivity contribution in [3.8, 4) is 0 Å². The van der Waals surface area contributed by atoms with Crippen LogP contribution in [0, 0.1) is 5.92 Å². The number of halogens is 1. The lowest BCUT2D eigenvalue weighted by Gasteiger charge is -2.26. The summed E-state index contributed by atoms with van der Waals surface area (Å²) in [6.07, 6.45) is 7.13. The molecule has 1 saturated heterocycles. The molecule has 27 heavy (non-hydrogen) atoms. The molecule has 1 aromatic carbocycles. The van der Waals surface area contributed by atoms with Gasteiger partial charge in [-0.1, -0.05) is 51.1 Å². The van der Waals surface area contributed by atoms with E-state index in [1.165, 1.54) is 16.4 Å². The van der Waals surface area contributed by atoms with Crippen LogP contribution in [0.5, 0.6) is 0 Å². The largest absolute Gasteiger partial charge is 0.352 e. The average Bonchev–Trinajstić information content (AvgIpc) is 2.68. The van der Waals surface area contributed by atoms with E-state index < -0.39 is 10.0 Å². The maximum atomic E-state index is 12.9. The van der Waals surface area contributed by atoms with Gasteiger partial charge < -0.3 is 5.32 Å². The minimum Gasteiger partial charge on any atom is -0.352 e. The first kappa shape index (κ1) is 22.2. The van der Waals surface area contributed by atoms with Crippen molar-refractivity contribution in [3.05, 3.63) is 28.8 Å². The van der Waals surface area contributed by atoms with E-state index in [4.69, 9.17) is 11.6 Å². The summed E-state index contributed by atoms with van der Waals surface area (Å²) < 4.78 is 27.3. The van der Waals surface area contributed by atoms with Gasteiger partial charge in [-0.3, -0.25) is 4.79 Å². The Morgan fingerprint density at radius 2 is 1.93 bits per heavy atom. The predicted molar refractivity (Wildman–Crippen MR) is 110 cm³/mol. The molecule has 0 bridgehead atoms. The highest BCUT2D eigenvalue weighted by Crippen LogP contribution is 2.28. The second kappa shape index (κ2) is 10.4. The van der Waals surface area contributed by atoms with Gasteiger partial charge in [0.15, 0.2) is 0 Å². The van der Waals surface area contributed by atoms with Gasteiger partial charge in [0.25, 0.3) is 5.91 Å². The summed E-state index contributed by atoms with van der Waals surface area (Å²) in [5, 5.41) is 3.10. The maximum absolute atomic E-state index is 12.9. The molecular weight excluding hydrogens is 384 g/mol. The minimum absolute atomic E-state index is 0.0248. The number of carbonyl (C=O) groups excluding carboxylic acids is 1. The van der Waals surface area contributed by atoms with E-state index in [0.29, 0.717) is 31.1 Å². The van der Waals surface area contributed by atoms with Gasteiger partial charge in [0.2, 0.25) is 10.0 Å². The molecule has 152 valence electrons. The number of hydrogen-bond acceptors (Lipinski definition) is 3. The van der Waals surface area contributed by atoms with Gasteiger partial charge in [-0.2, -0.15) is 4.31 Å². The van der Waals surface area contributed by atoms with Crippen molar-refractivity contribution < 1.29 is 13.2 Å². The summed E-state index contributed by atoms with van der Waals surface area (Å²) in [5.41, 5.74) is 0.334. The maximum Gasteiger partial charge on any atom is 0.251 e. The quantitative estimate of drug-likeness (QED) is 0.648. The first-order valence-corrected chi connectivity index (χ1v) is 11.8. The van der Waals surface area contributed by atoms with Crippen molar-refractivity contribution >= 4 is 27.5 Å². The van der Waals surface area contributed by atoms with E-state index >= 15 is 0 Å². The van der Waals surface area contributed by atoms with Gasteiger partial charge in [-0.15, -0.1) is 0 Å². The fourth-order valence-corrected chi connectivity index (χ4v) is 5.39. The standard InChI is InChI=1S/C20H31ClN2O3S/c1-3-5-9-16(4-2)15-22-20(24)17-10-11-18(21)19(14-17)27(25,26)23-12-7-6-8-13-23/h10-11,14,16H,3-9,12-13,15H2,1-2H3,(H,22,24). The topological polar surface area (TPSA) is 66.5 Å². The van der Waals surface area contributed by atoms with E-state index in [1.54, 1.807) is 6.07 Å². The number of nitrogens with one attached hydrogen (secondary N) is 1. The van der Waals surface area contributed by atoms with Crippen LogP contribution in [0.25, 0.3) is 0 Å². The van der Waals surface area contributed by atoms with Crippen molar-refractivity contribution in [2.24, 2.45) is 5.92 Å². The van der Waals surface area contributed by atoms with Gasteiger partial charge in [-0.25, -0.2) is 8.42 Å². The van der Waals surface area contributed by atoms with Gasteiger partial charge in [0, 0.05) is 25.2 Å². The molecule has 5 nitrogen and oxygen atoms in total. The molecule has 1 fully saturated rings. The molecule has 0 spiro atoms. The minimum atomic E-state index is -3.68. The number of hydrogen-bond donors (Lipinski definition) is 1. The molecule has 0 aliphatic carbocycles. The van der Waals surface area contributed by atoms with Crippen molar-refractivity contribution in [1.82, 2.24) is 9.62 Å². The molecule has 0 saturated carbocycles. The van der Waals surface area contributed by atoms with Crippen molar-refractivity contribution in [3.63, 3.8) is 0 Å². The van der Waals surface area contributed by atoms with Crippen LogP contribution in [0.15, 0.2) is 23.1 Å². The van der Waals surface area contributed by atoms with Crippen LogP contribution in [-0.2, 0) is 10.0 Å². The number of sulfonamides is 1. The summed E-state index contributed by atoms with van der Waals surface area (Å²) in [5.74, 6) is 0.189. The number of unbranched alkanes of at least 4 members (excludes halogenated alkanes) is 1. The zero-order valence-corrected chi connectivity index (χ0v) is 17.9. The van der Waals surface area contributed by atoms with Crippen LogP contribution in [0.1, 0.15) is 69.2 Å². The third kappa shape index (κ3) is 5.93. The first-order valence-electron chi connectivity index (χ1n) is 9.98. The molecule has 1 amide bonds. The normalized spacial score (nSPS) is 16.9. The van der Waals surface area contributed by atoms with E-state index in [2.05, 4.69) is 19.2 Å². The second-order valence-corrected chi connectivity index (χ2v) is 9.55. The number of benzene rings is 1. The van der Waals surface area contributed by atoms with E-state index in [-0.39, 0.29) is 15.8 Å². The Morgan fingerprint density at radius 3 is 2.56 bits per heavy atom. The van der Waals surface area contributed by atoms with Crippen LogP contribution in [0.2, 0.25) is 5.02 Å². The number of piperidine rings is 1. The summed E-state index contributed by atoms with van der Waals surface area (Å²) >= 11 is 6.17. The Hall–Kier alpha value is -1.11. The highest BCUT2D eigenvalue weighted by molar-refractivity contribution is 7.89. The van der Waals surface area contributed by atoms with Crippen LogP contribution in [0.4, 0.5) is 0 Å². The molecule has 1 aliphatic heterocycles. The molecular formula is C20H31ClN2O3S. The molecule has 0 aromatic heterocycles. The van der Waals surface area contributed by atoms with Crippen LogP contribution in [0.3, 0.4) is 0 Å². The Morgan fingerprint density at radius 1 is 1.22 bits per heavy atom. The Bertz CT molecular complexity index is 731. The van der Waals surface area contributed by atoms with Crippen molar-refractivity contribution in [2.45, 2.75) is 63.7 Å². The lowest BCUT2D eigenvalue weighted by Crippen LogP contribution is -2.36. The average molecular weight is 415 g/mol. The predicted octanol–water partition coefficient (Wildman–Crippen LogP) is 4.46. The van der Waals surface area contributed by atoms with Crippen molar-refractivity contribution in [1.29, 1.82) is 0 Å². The Balaban J connectivity index is 2.12. The lowest BCUT2D eigenvalue weighted by atomic mass is 9.99. The Labute approximate surface area is 168 Å². The van der Waals surface area contributed by atoms with E-state index in [0.717, 1.165) is 44.9 Å². The summed E-state index contributed by atoms with van der Waals surface area (Å²) in [6.45, 7) is 5.89. The first-order chi connectivity index (χ1) is 12.9. The molecule has 1 aromatic rings. The molecule has 1 heterocycles.